The summed E-state index contributed by atoms with van der Waals surface area (Å²) in [4.78, 5) is 0. The van der Waals surface area contributed by atoms with Crippen LogP contribution in [0, 0.1) is 0 Å². The van der Waals surface area contributed by atoms with Crippen molar-refractivity contribution in [1.82, 2.24) is 0 Å². The van der Waals surface area contributed by atoms with Gasteiger partial charge < -0.3 is 0 Å². The van der Waals surface area contributed by atoms with Gasteiger partial charge in [-0.2, -0.15) is 0 Å². The molecule has 0 amide bonds. The van der Waals surface area contributed by atoms with Crippen LogP contribution in [0.2, 0.25) is 4.34 Å². The molecule has 0 aliphatic heterocycles. The number of thiophene rings is 1. The zero-order valence-corrected chi connectivity index (χ0v) is 12.1. The largest absolute Gasteiger partial charge is 0.279 e. The van der Waals surface area contributed by atoms with Crippen molar-refractivity contribution in [1.29, 1.82) is 0 Å². The molecule has 0 aliphatic rings. The van der Waals surface area contributed by atoms with Gasteiger partial charge in [-0.25, -0.2) is 8.42 Å². The van der Waals surface area contributed by atoms with E-state index in [4.69, 9.17) is 11.6 Å². The molecule has 0 saturated heterocycles. The van der Waals surface area contributed by atoms with Gasteiger partial charge in [0.25, 0.3) is 10.0 Å². The molecule has 0 saturated carbocycles. The van der Waals surface area contributed by atoms with Crippen molar-refractivity contribution in [3.05, 3.63) is 46.3 Å². The van der Waals surface area contributed by atoms with Gasteiger partial charge in [0.05, 0.1) is 4.34 Å². The van der Waals surface area contributed by atoms with E-state index in [1.54, 1.807) is 18.2 Å². The highest BCUT2D eigenvalue weighted by Crippen LogP contribution is 2.27. The minimum Gasteiger partial charge on any atom is -0.279 e. The normalized spacial score (nSPS) is 11.4. The molecule has 0 bridgehead atoms. The maximum absolute atomic E-state index is 12.0. The average Bonchev–Trinajstić information content (AvgIpc) is 2.77. The van der Waals surface area contributed by atoms with Gasteiger partial charge in [-0.15, -0.1) is 11.3 Å². The predicted octanol–water partition coefficient (Wildman–Crippen LogP) is 3.76. The summed E-state index contributed by atoms with van der Waals surface area (Å²) in [6.45, 7) is 2.05. The van der Waals surface area contributed by atoms with Gasteiger partial charge in [0.1, 0.15) is 4.21 Å². The Labute approximate surface area is 115 Å². The third kappa shape index (κ3) is 3.04. The van der Waals surface area contributed by atoms with E-state index in [1.165, 1.54) is 6.07 Å². The molecular weight excluding hydrogens is 290 g/mol. The van der Waals surface area contributed by atoms with E-state index in [1.807, 2.05) is 19.1 Å². The fourth-order valence-electron chi connectivity index (χ4n) is 1.46. The lowest BCUT2D eigenvalue weighted by molar-refractivity contribution is 0.603. The number of nitrogens with one attached hydrogen (secondary N) is 1. The molecule has 1 N–H and O–H groups in total. The summed E-state index contributed by atoms with van der Waals surface area (Å²) in [5.74, 6) is 0. The lowest BCUT2D eigenvalue weighted by Gasteiger charge is -2.06. The molecule has 6 heteroatoms. The Kier molecular flexibility index (Phi) is 3.94. The van der Waals surface area contributed by atoms with Crippen LogP contribution in [0.3, 0.4) is 0 Å². The van der Waals surface area contributed by atoms with E-state index in [-0.39, 0.29) is 4.21 Å². The number of hydrogen-bond donors (Lipinski definition) is 1. The number of aryl methyl sites for hydroxylation is 1. The quantitative estimate of drug-likeness (QED) is 0.934. The Morgan fingerprint density at radius 3 is 2.33 bits per heavy atom. The van der Waals surface area contributed by atoms with Crippen LogP contribution < -0.4 is 4.72 Å². The second kappa shape index (κ2) is 5.30. The number of hydrogen-bond acceptors (Lipinski definition) is 3. The molecule has 0 fully saturated rings. The molecule has 0 unspecified atom stereocenters. The van der Waals surface area contributed by atoms with Crippen molar-refractivity contribution in [3.63, 3.8) is 0 Å². The number of benzene rings is 1. The van der Waals surface area contributed by atoms with Gasteiger partial charge in [0.2, 0.25) is 0 Å². The van der Waals surface area contributed by atoms with Crippen LogP contribution in [0.4, 0.5) is 5.69 Å². The minimum atomic E-state index is -3.53. The first-order valence-electron chi connectivity index (χ1n) is 5.38. The van der Waals surface area contributed by atoms with Gasteiger partial charge in [0, 0.05) is 5.69 Å². The van der Waals surface area contributed by atoms with E-state index < -0.39 is 10.0 Å². The summed E-state index contributed by atoms with van der Waals surface area (Å²) in [7, 11) is -3.53. The van der Waals surface area contributed by atoms with Crippen molar-refractivity contribution in [2.75, 3.05) is 4.72 Å². The van der Waals surface area contributed by atoms with Gasteiger partial charge in [-0.1, -0.05) is 30.7 Å². The fraction of sp³-hybridized carbons (Fsp3) is 0.167. The lowest BCUT2D eigenvalue weighted by Crippen LogP contribution is -2.11. The van der Waals surface area contributed by atoms with Crippen LogP contribution in [0.1, 0.15) is 12.5 Å². The van der Waals surface area contributed by atoms with Crippen LogP contribution in [-0.4, -0.2) is 8.42 Å². The highest BCUT2D eigenvalue weighted by Gasteiger charge is 2.16. The standard InChI is InChI=1S/C12H12ClNO2S2/c1-2-9-3-5-10(6-4-9)14-18(15,16)12-8-7-11(13)17-12/h3-8,14H,2H2,1H3. The Morgan fingerprint density at radius 2 is 1.83 bits per heavy atom. The summed E-state index contributed by atoms with van der Waals surface area (Å²) in [5, 5.41) is 0. The number of anilines is 1. The molecule has 0 aliphatic carbocycles. The van der Waals surface area contributed by atoms with Crippen LogP contribution in [0.15, 0.2) is 40.6 Å². The Bertz CT molecular complexity index is 632. The van der Waals surface area contributed by atoms with Crippen molar-refractivity contribution < 1.29 is 8.42 Å². The molecular formula is C12H12ClNO2S2. The Morgan fingerprint density at radius 1 is 1.17 bits per heavy atom. The zero-order valence-electron chi connectivity index (χ0n) is 9.68. The highest BCUT2D eigenvalue weighted by atomic mass is 35.5. The maximum atomic E-state index is 12.0. The molecule has 0 atom stereocenters. The van der Waals surface area contributed by atoms with Crippen LogP contribution in [-0.2, 0) is 16.4 Å². The molecule has 2 rings (SSSR count). The molecule has 1 aromatic carbocycles. The smallest absolute Gasteiger partial charge is 0.271 e. The first kappa shape index (κ1) is 13.4. The second-order valence-electron chi connectivity index (χ2n) is 3.71. The van der Waals surface area contributed by atoms with Gasteiger partial charge in [0.15, 0.2) is 0 Å². The monoisotopic (exact) mass is 301 g/mol. The maximum Gasteiger partial charge on any atom is 0.271 e. The van der Waals surface area contributed by atoms with E-state index in [9.17, 15) is 8.42 Å². The predicted molar refractivity (Wildman–Crippen MR) is 76.0 cm³/mol. The molecule has 0 radical (unpaired) electrons. The van der Waals surface area contributed by atoms with E-state index in [0.29, 0.717) is 10.0 Å². The molecule has 0 spiro atoms. The van der Waals surface area contributed by atoms with E-state index in [2.05, 4.69) is 4.72 Å². The van der Waals surface area contributed by atoms with Crippen molar-refractivity contribution in [2.45, 2.75) is 17.6 Å². The number of halogens is 1. The fourth-order valence-corrected chi connectivity index (χ4v) is 4.00. The summed E-state index contributed by atoms with van der Waals surface area (Å²) in [5.41, 5.74) is 1.72. The van der Waals surface area contributed by atoms with Crippen molar-refractivity contribution in [3.8, 4) is 0 Å². The van der Waals surface area contributed by atoms with Crippen molar-refractivity contribution >= 4 is 38.6 Å². The Hall–Kier alpha value is -1.04. The first-order valence-corrected chi connectivity index (χ1v) is 8.06. The third-order valence-corrected chi connectivity index (χ3v) is 5.53. The topological polar surface area (TPSA) is 46.2 Å². The Balaban J connectivity index is 2.22. The minimum absolute atomic E-state index is 0.215. The van der Waals surface area contributed by atoms with Gasteiger partial charge >= 0.3 is 0 Å². The second-order valence-corrected chi connectivity index (χ2v) is 7.34. The molecule has 3 nitrogen and oxygen atoms in total. The van der Waals surface area contributed by atoms with E-state index in [0.717, 1.165) is 23.3 Å². The zero-order chi connectivity index (χ0) is 13.2. The van der Waals surface area contributed by atoms with Crippen molar-refractivity contribution in [2.24, 2.45) is 0 Å². The van der Waals surface area contributed by atoms with Gasteiger partial charge in [-0.3, -0.25) is 4.72 Å². The summed E-state index contributed by atoms with van der Waals surface area (Å²) < 4.78 is 27.2. The van der Waals surface area contributed by atoms with Crippen LogP contribution in [0.25, 0.3) is 0 Å². The number of rotatable bonds is 4. The summed E-state index contributed by atoms with van der Waals surface area (Å²) in [6.07, 6.45) is 0.924. The first-order chi connectivity index (χ1) is 8.51. The van der Waals surface area contributed by atoms with E-state index >= 15 is 0 Å². The van der Waals surface area contributed by atoms with Gasteiger partial charge in [-0.05, 0) is 36.2 Å². The lowest BCUT2D eigenvalue weighted by atomic mass is 10.2. The average molecular weight is 302 g/mol. The SMILES string of the molecule is CCc1ccc(NS(=O)(=O)c2ccc(Cl)s2)cc1. The molecule has 2 aromatic rings. The van der Waals surface area contributed by atoms with Crippen LogP contribution >= 0.6 is 22.9 Å². The summed E-state index contributed by atoms with van der Waals surface area (Å²) >= 11 is 6.77. The summed E-state index contributed by atoms with van der Waals surface area (Å²) in [6, 6.07) is 10.4. The molecule has 18 heavy (non-hydrogen) atoms. The van der Waals surface area contributed by atoms with Crippen LogP contribution in [0.5, 0.6) is 0 Å². The number of sulfonamides is 1. The molecule has 96 valence electrons. The molecule has 1 heterocycles. The molecule has 1 aromatic heterocycles. The highest BCUT2D eigenvalue weighted by molar-refractivity contribution is 7.94. The third-order valence-electron chi connectivity index (χ3n) is 2.43.